The van der Waals surface area contributed by atoms with Crippen LogP contribution in [0, 0.1) is 16.2 Å². The van der Waals surface area contributed by atoms with E-state index in [0.29, 0.717) is 19.3 Å². The summed E-state index contributed by atoms with van der Waals surface area (Å²) in [7, 11) is 0. The molecule has 3 aromatic rings. The van der Waals surface area contributed by atoms with Gasteiger partial charge in [0.2, 0.25) is 0 Å². The number of hydrogen-bond donors (Lipinski definition) is 3. The Bertz CT molecular complexity index is 1480. The van der Waals surface area contributed by atoms with Gasteiger partial charge in [0, 0.05) is 50.6 Å². The van der Waals surface area contributed by atoms with Crippen LogP contribution in [0.4, 0.5) is 0 Å². The van der Waals surface area contributed by atoms with Crippen molar-refractivity contribution in [3.8, 4) is 0 Å². The molecule has 314 valence electrons. The quantitative estimate of drug-likeness (QED) is 0.145. The first-order chi connectivity index (χ1) is 26.0. The molecule has 0 aromatic heterocycles. The summed E-state index contributed by atoms with van der Waals surface area (Å²) in [6, 6.07) is 23.9. The Balaban J connectivity index is -0.000000320. The molecule has 0 aliphatic rings. The molecule has 0 unspecified atom stereocenters. The summed E-state index contributed by atoms with van der Waals surface area (Å²) in [5.41, 5.74) is 1.58. The fraction of sp³-hybridized carbons (Fsp3) is 0.417. The van der Waals surface area contributed by atoms with Crippen LogP contribution in [0.2, 0.25) is 0 Å². The minimum atomic E-state index is -0.750. The van der Waals surface area contributed by atoms with Crippen molar-refractivity contribution >= 4 is 138 Å². The van der Waals surface area contributed by atoms with E-state index in [2.05, 4.69) is 85.0 Å². The fourth-order valence-electron chi connectivity index (χ4n) is 3.64. The first-order valence-electron chi connectivity index (χ1n) is 15.8. The molecule has 56 heavy (non-hydrogen) atoms. The molecule has 20 heteroatoms. The van der Waals surface area contributed by atoms with E-state index in [9.17, 15) is 14.4 Å². The van der Waals surface area contributed by atoms with Crippen molar-refractivity contribution in [2.45, 2.75) is 80.1 Å². The molecule has 0 heterocycles. The second-order valence-electron chi connectivity index (χ2n) is 13.2. The lowest BCUT2D eigenvalue weighted by atomic mass is 9.86. The molecule has 0 atom stereocenters. The van der Waals surface area contributed by atoms with Gasteiger partial charge in [-0.05, 0) is 133 Å². The summed E-state index contributed by atoms with van der Waals surface area (Å²) in [4.78, 5) is 32.7. The highest BCUT2D eigenvalue weighted by Crippen LogP contribution is 2.25. The number of rotatable bonds is 12. The molecule has 3 rings (SSSR count). The Morgan fingerprint density at radius 1 is 0.446 bits per heavy atom. The van der Waals surface area contributed by atoms with Crippen molar-refractivity contribution in [2.75, 3.05) is 0 Å². The van der Waals surface area contributed by atoms with Crippen molar-refractivity contribution in [1.82, 2.24) is 0 Å². The minimum Gasteiger partial charge on any atom is -0.481 e. The first-order valence-corrected chi connectivity index (χ1v) is 26.5. The Morgan fingerprint density at radius 2 is 0.589 bits per heavy atom. The Kier molecular flexibility index (Phi) is 38.6. The van der Waals surface area contributed by atoms with Crippen molar-refractivity contribution in [3.63, 3.8) is 0 Å². The molecule has 0 aliphatic carbocycles. The van der Waals surface area contributed by atoms with Gasteiger partial charge in [-0.1, -0.05) is 84.2 Å². The molecular formula is C36H45Br3I2O12S3. The molecule has 0 radical (unpaired) electrons. The monoisotopic (exact) mass is 1260 g/mol. The van der Waals surface area contributed by atoms with Gasteiger partial charge in [0.15, 0.2) is 0 Å². The lowest BCUT2D eigenvalue weighted by molar-refractivity contribution is -0.148. The Morgan fingerprint density at radius 3 is 0.714 bits per heavy atom. The standard InChI is InChI=1S/3C12H15BrO2.I2.3O2S/c3*1-12(2,11(14)15)8-7-9-3-5-10(13)6-4-9;1-2;3*1-3-2/h3*3-6H,7-8H2,1-2H3,(H,14,15);;;;. The lowest BCUT2D eigenvalue weighted by Gasteiger charge is -2.18. The van der Waals surface area contributed by atoms with Gasteiger partial charge in [-0.2, -0.15) is 25.3 Å². The summed E-state index contributed by atoms with van der Waals surface area (Å²) >= 11 is 12.1. The van der Waals surface area contributed by atoms with Crippen molar-refractivity contribution < 1.29 is 55.0 Å². The van der Waals surface area contributed by atoms with E-state index < -0.39 is 68.9 Å². The zero-order chi connectivity index (χ0) is 44.5. The van der Waals surface area contributed by atoms with Gasteiger partial charge in [-0.25, -0.2) is 0 Å². The highest BCUT2D eigenvalue weighted by atomic mass is 128. The van der Waals surface area contributed by atoms with Crippen LogP contribution in [0.25, 0.3) is 0 Å². The third-order valence-corrected chi connectivity index (χ3v) is 9.18. The zero-order valence-corrected chi connectivity index (χ0v) is 42.8. The molecular weight excluding hydrogens is 1210 g/mol. The summed E-state index contributed by atoms with van der Waals surface area (Å²) < 4.78 is 52.9. The predicted molar refractivity (Wildman–Crippen MR) is 246 cm³/mol. The highest BCUT2D eigenvalue weighted by Gasteiger charge is 2.27. The number of halogens is 5. The van der Waals surface area contributed by atoms with Crippen LogP contribution < -0.4 is 0 Å². The van der Waals surface area contributed by atoms with Gasteiger partial charge >= 0.3 is 52.6 Å². The molecule has 0 spiro atoms. The summed E-state index contributed by atoms with van der Waals surface area (Å²) in [5, 5.41) is 26.9. The summed E-state index contributed by atoms with van der Waals surface area (Å²) in [5.74, 6) is -2.21. The van der Waals surface area contributed by atoms with Gasteiger partial charge in [0.25, 0.3) is 0 Å². The first kappa shape index (κ1) is 61.1. The second kappa shape index (κ2) is 35.4. The molecule has 0 amide bonds. The number of carbonyl (C=O) groups is 3. The number of benzene rings is 3. The van der Waals surface area contributed by atoms with Crippen LogP contribution in [0.15, 0.2) is 86.2 Å². The van der Waals surface area contributed by atoms with Crippen LogP contribution >= 0.6 is 85.0 Å². The molecule has 12 nitrogen and oxygen atoms in total. The predicted octanol–water partition coefficient (Wildman–Crippen LogP) is 10.2. The van der Waals surface area contributed by atoms with Crippen molar-refractivity contribution in [2.24, 2.45) is 16.2 Å². The number of aryl methyl sites for hydroxylation is 3. The summed E-state index contributed by atoms with van der Waals surface area (Å²) in [6.07, 6.45) is 4.36. The minimum absolute atomic E-state index is 0.646. The molecule has 0 saturated carbocycles. The maximum atomic E-state index is 10.9. The molecule has 0 bridgehead atoms. The normalized spacial score (nSPS) is 9.91. The zero-order valence-electron chi connectivity index (χ0n) is 31.3. The third kappa shape index (κ3) is 33.4. The Labute approximate surface area is 387 Å². The maximum Gasteiger partial charge on any atom is 0.335 e. The van der Waals surface area contributed by atoms with Crippen LogP contribution in [-0.4, -0.2) is 58.5 Å². The molecule has 3 aromatic carbocycles. The van der Waals surface area contributed by atoms with Gasteiger partial charge in [0.1, 0.15) is 0 Å². The van der Waals surface area contributed by atoms with Crippen molar-refractivity contribution in [1.29, 1.82) is 0 Å². The van der Waals surface area contributed by atoms with E-state index >= 15 is 0 Å². The average molecular weight is 1260 g/mol. The van der Waals surface area contributed by atoms with E-state index in [4.69, 9.17) is 40.6 Å². The maximum absolute atomic E-state index is 10.9. The molecule has 0 fully saturated rings. The van der Waals surface area contributed by atoms with E-state index in [1.807, 2.05) is 72.8 Å². The second-order valence-corrected chi connectivity index (χ2v) is 16.3. The largest absolute Gasteiger partial charge is 0.481 e. The van der Waals surface area contributed by atoms with Crippen LogP contribution in [0.5, 0.6) is 0 Å². The lowest BCUT2D eigenvalue weighted by Crippen LogP contribution is -2.24. The van der Waals surface area contributed by atoms with E-state index in [0.717, 1.165) is 32.7 Å². The fourth-order valence-corrected chi connectivity index (χ4v) is 4.44. The average Bonchev–Trinajstić information content (AvgIpc) is 3.13. The van der Waals surface area contributed by atoms with Crippen LogP contribution in [-0.2, 0) is 68.4 Å². The Hall–Kier alpha value is -1.57. The number of aliphatic carboxylic acids is 3. The SMILES string of the molecule is CC(C)(CCc1ccc(Br)cc1)C(=O)O.CC(C)(CCc1ccc(Br)cc1)C(=O)O.CC(C)(CCc1ccc(Br)cc1)C(=O)O.II.O=S=O.O=S=O.O=S=O. The number of carboxylic acid groups (broad SMARTS) is 3. The van der Waals surface area contributed by atoms with Crippen molar-refractivity contribution in [3.05, 3.63) is 103 Å². The van der Waals surface area contributed by atoms with Gasteiger partial charge in [-0.3, -0.25) is 14.4 Å². The topological polar surface area (TPSA) is 214 Å². The van der Waals surface area contributed by atoms with Crippen LogP contribution in [0.1, 0.15) is 77.5 Å². The van der Waals surface area contributed by atoms with Gasteiger partial charge < -0.3 is 15.3 Å². The molecule has 0 aliphatic heterocycles. The van der Waals surface area contributed by atoms with E-state index in [1.165, 1.54) is 16.7 Å². The third-order valence-electron chi connectivity index (χ3n) is 7.59. The van der Waals surface area contributed by atoms with E-state index in [-0.39, 0.29) is 0 Å². The smallest absolute Gasteiger partial charge is 0.335 e. The van der Waals surface area contributed by atoms with Crippen LogP contribution in [0.3, 0.4) is 0 Å². The van der Waals surface area contributed by atoms with Gasteiger partial charge in [-0.15, -0.1) is 0 Å². The number of hydrogen-bond acceptors (Lipinski definition) is 9. The highest BCUT2D eigenvalue weighted by molar-refractivity contribution is 15.0. The number of carboxylic acids is 3. The van der Waals surface area contributed by atoms with E-state index in [1.54, 1.807) is 41.5 Å². The van der Waals surface area contributed by atoms with Gasteiger partial charge in [0.05, 0.1) is 16.2 Å². The summed E-state index contributed by atoms with van der Waals surface area (Å²) in [6.45, 7) is 10.5. The molecule has 0 saturated heterocycles. The molecule has 3 N–H and O–H groups in total.